The fraction of sp³-hybridized carbons (Fsp3) is 1.00. The molecule has 2 heteroatoms. The van der Waals surface area contributed by atoms with Crippen LogP contribution in [0, 0.1) is 0 Å². The Balaban J connectivity index is 1.90. The van der Waals surface area contributed by atoms with Crippen molar-refractivity contribution in [2.45, 2.75) is 63.1 Å². The first kappa shape index (κ1) is 13.5. The van der Waals surface area contributed by atoms with E-state index in [9.17, 15) is 0 Å². The fourth-order valence-electron chi connectivity index (χ4n) is 2.32. The Labute approximate surface area is 104 Å². The van der Waals surface area contributed by atoms with Gasteiger partial charge in [0.15, 0.2) is 0 Å². The SMILES string of the molecule is CCCCCCCCN1CCCC(Br)C1. The van der Waals surface area contributed by atoms with E-state index < -0.39 is 0 Å². The van der Waals surface area contributed by atoms with Crippen LogP contribution in [0.5, 0.6) is 0 Å². The molecule has 0 saturated carbocycles. The van der Waals surface area contributed by atoms with Gasteiger partial charge in [0.05, 0.1) is 0 Å². The minimum absolute atomic E-state index is 0.756. The van der Waals surface area contributed by atoms with Gasteiger partial charge in [-0.15, -0.1) is 0 Å². The molecule has 90 valence electrons. The van der Waals surface area contributed by atoms with Crippen LogP contribution in [0.4, 0.5) is 0 Å². The maximum Gasteiger partial charge on any atom is 0.0273 e. The lowest BCUT2D eigenvalue weighted by atomic mass is 10.1. The fourth-order valence-corrected chi connectivity index (χ4v) is 3.05. The van der Waals surface area contributed by atoms with Crippen LogP contribution >= 0.6 is 15.9 Å². The monoisotopic (exact) mass is 275 g/mol. The molecule has 0 aliphatic carbocycles. The molecule has 0 spiro atoms. The van der Waals surface area contributed by atoms with E-state index in [1.54, 1.807) is 0 Å². The van der Waals surface area contributed by atoms with E-state index in [0.29, 0.717) is 0 Å². The molecule has 15 heavy (non-hydrogen) atoms. The van der Waals surface area contributed by atoms with Gasteiger partial charge in [-0.25, -0.2) is 0 Å². The topological polar surface area (TPSA) is 3.24 Å². The van der Waals surface area contributed by atoms with Crippen LogP contribution in [0.15, 0.2) is 0 Å². The normalized spacial score (nSPS) is 23.2. The van der Waals surface area contributed by atoms with Crippen LogP contribution in [0.25, 0.3) is 0 Å². The van der Waals surface area contributed by atoms with Crippen molar-refractivity contribution in [3.8, 4) is 0 Å². The highest BCUT2D eigenvalue weighted by molar-refractivity contribution is 9.09. The summed E-state index contributed by atoms with van der Waals surface area (Å²) in [6, 6.07) is 0. The van der Waals surface area contributed by atoms with Gasteiger partial charge < -0.3 is 4.90 Å². The van der Waals surface area contributed by atoms with Gasteiger partial charge in [0, 0.05) is 11.4 Å². The van der Waals surface area contributed by atoms with Crippen LogP contribution in [-0.2, 0) is 0 Å². The quantitative estimate of drug-likeness (QED) is 0.497. The van der Waals surface area contributed by atoms with Crippen molar-refractivity contribution in [1.29, 1.82) is 0 Å². The van der Waals surface area contributed by atoms with Crippen molar-refractivity contribution < 1.29 is 0 Å². The van der Waals surface area contributed by atoms with E-state index in [1.165, 1.54) is 71.0 Å². The molecule has 0 N–H and O–H groups in total. The Morgan fingerprint density at radius 1 is 1.13 bits per heavy atom. The Morgan fingerprint density at radius 2 is 1.87 bits per heavy atom. The first-order valence-corrected chi connectivity index (χ1v) is 7.61. The molecule has 1 aliphatic heterocycles. The Bertz CT molecular complexity index is 149. The van der Waals surface area contributed by atoms with Crippen LogP contribution in [-0.4, -0.2) is 29.4 Å². The average molecular weight is 276 g/mol. The number of unbranched alkanes of at least 4 members (excludes halogenated alkanes) is 5. The standard InChI is InChI=1S/C13H26BrN/c1-2-3-4-5-6-7-10-15-11-8-9-13(14)12-15/h13H,2-12H2,1H3. The summed E-state index contributed by atoms with van der Waals surface area (Å²) >= 11 is 3.73. The van der Waals surface area contributed by atoms with Gasteiger partial charge in [0.2, 0.25) is 0 Å². The van der Waals surface area contributed by atoms with E-state index in [4.69, 9.17) is 0 Å². The van der Waals surface area contributed by atoms with Crippen LogP contribution in [0.1, 0.15) is 58.3 Å². The molecular formula is C13H26BrN. The first-order valence-electron chi connectivity index (χ1n) is 6.69. The van der Waals surface area contributed by atoms with Gasteiger partial charge in [-0.2, -0.15) is 0 Å². The third kappa shape index (κ3) is 6.57. The lowest BCUT2D eigenvalue weighted by Gasteiger charge is -2.29. The molecule has 1 rings (SSSR count). The van der Waals surface area contributed by atoms with Gasteiger partial charge in [-0.3, -0.25) is 0 Å². The Morgan fingerprint density at radius 3 is 2.60 bits per heavy atom. The van der Waals surface area contributed by atoms with Gasteiger partial charge >= 0.3 is 0 Å². The molecule has 1 unspecified atom stereocenters. The molecule has 0 aromatic rings. The second-order valence-electron chi connectivity index (χ2n) is 4.81. The summed E-state index contributed by atoms with van der Waals surface area (Å²) in [5, 5.41) is 0. The molecule has 1 heterocycles. The Kier molecular flexibility index (Phi) is 7.72. The zero-order chi connectivity index (χ0) is 10.9. The maximum absolute atomic E-state index is 3.73. The average Bonchev–Trinajstić information content (AvgIpc) is 2.23. The predicted molar refractivity (Wildman–Crippen MR) is 71.8 cm³/mol. The van der Waals surface area contributed by atoms with Crippen LogP contribution in [0.3, 0.4) is 0 Å². The molecule has 0 bridgehead atoms. The maximum atomic E-state index is 3.73. The van der Waals surface area contributed by atoms with Gasteiger partial charge in [-0.05, 0) is 32.4 Å². The number of hydrogen-bond acceptors (Lipinski definition) is 1. The molecule has 1 aliphatic rings. The summed E-state index contributed by atoms with van der Waals surface area (Å²) in [5.74, 6) is 0. The highest BCUT2D eigenvalue weighted by Gasteiger charge is 2.16. The van der Waals surface area contributed by atoms with E-state index in [0.717, 1.165) is 4.83 Å². The van der Waals surface area contributed by atoms with E-state index >= 15 is 0 Å². The van der Waals surface area contributed by atoms with Crippen LogP contribution < -0.4 is 0 Å². The third-order valence-corrected chi connectivity index (χ3v) is 4.02. The number of piperidine rings is 1. The minimum atomic E-state index is 0.756. The van der Waals surface area contributed by atoms with Gasteiger partial charge in [0.25, 0.3) is 0 Å². The second kappa shape index (κ2) is 8.58. The number of nitrogens with zero attached hydrogens (tertiary/aromatic N) is 1. The Hall–Kier alpha value is 0.440. The summed E-state index contributed by atoms with van der Waals surface area (Å²) in [7, 11) is 0. The van der Waals surface area contributed by atoms with Crippen LogP contribution in [0.2, 0.25) is 0 Å². The van der Waals surface area contributed by atoms with Gasteiger partial charge in [0.1, 0.15) is 0 Å². The molecule has 0 radical (unpaired) electrons. The molecule has 1 fully saturated rings. The molecule has 1 nitrogen and oxygen atoms in total. The molecule has 0 aromatic heterocycles. The number of rotatable bonds is 7. The van der Waals surface area contributed by atoms with Crippen molar-refractivity contribution in [2.24, 2.45) is 0 Å². The predicted octanol–water partition coefficient (Wildman–Crippen LogP) is 4.21. The zero-order valence-electron chi connectivity index (χ0n) is 10.2. The van der Waals surface area contributed by atoms with E-state index in [2.05, 4.69) is 27.8 Å². The van der Waals surface area contributed by atoms with Crippen molar-refractivity contribution in [3.05, 3.63) is 0 Å². The van der Waals surface area contributed by atoms with Crippen molar-refractivity contribution >= 4 is 15.9 Å². The lowest BCUT2D eigenvalue weighted by molar-refractivity contribution is 0.230. The molecule has 0 amide bonds. The van der Waals surface area contributed by atoms with E-state index in [-0.39, 0.29) is 0 Å². The van der Waals surface area contributed by atoms with Crippen molar-refractivity contribution in [3.63, 3.8) is 0 Å². The number of likely N-dealkylation sites (tertiary alicyclic amines) is 1. The molecule has 0 aromatic carbocycles. The van der Waals surface area contributed by atoms with E-state index in [1.807, 2.05) is 0 Å². The summed E-state index contributed by atoms with van der Waals surface area (Å²) in [5.41, 5.74) is 0. The second-order valence-corrected chi connectivity index (χ2v) is 6.10. The highest BCUT2D eigenvalue weighted by Crippen LogP contribution is 2.17. The third-order valence-electron chi connectivity index (χ3n) is 3.28. The van der Waals surface area contributed by atoms with Crippen molar-refractivity contribution in [1.82, 2.24) is 4.90 Å². The smallest absolute Gasteiger partial charge is 0.0273 e. The van der Waals surface area contributed by atoms with Gasteiger partial charge in [-0.1, -0.05) is 55.0 Å². The summed E-state index contributed by atoms with van der Waals surface area (Å²) in [6.07, 6.45) is 11.3. The lowest BCUT2D eigenvalue weighted by Crippen LogP contribution is -2.36. The number of hydrogen-bond donors (Lipinski definition) is 0. The molecular weight excluding hydrogens is 250 g/mol. The summed E-state index contributed by atoms with van der Waals surface area (Å²) < 4.78 is 0. The zero-order valence-corrected chi connectivity index (χ0v) is 11.8. The summed E-state index contributed by atoms with van der Waals surface area (Å²) in [6.45, 7) is 6.21. The summed E-state index contributed by atoms with van der Waals surface area (Å²) in [4.78, 5) is 3.38. The number of alkyl halides is 1. The highest BCUT2D eigenvalue weighted by atomic mass is 79.9. The number of halogens is 1. The first-order chi connectivity index (χ1) is 7.33. The largest absolute Gasteiger partial charge is 0.302 e. The molecule has 1 saturated heterocycles. The molecule has 1 atom stereocenters. The van der Waals surface area contributed by atoms with Crippen molar-refractivity contribution in [2.75, 3.05) is 19.6 Å². The minimum Gasteiger partial charge on any atom is -0.302 e.